The zero-order chi connectivity index (χ0) is 21.1. The van der Waals surface area contributed by atoms with Crippen molar-refractivity contribution in [3.05, 3.63) is 29.3 Å². The van der Waals surface area contributed by atoms with Crippen LogP contribution in [0.1, 0.15) is 37.3 Å². The molecule has 1 atom stereocenters. The van der Waals surface area contributed by atoms with Gasteiger partial charge in [-0.25, -0.2) is 8.42 Å². The Morgan fingerprint density at radius 2 is 1.82 bits per heavy atom. The molecule has 0 radical (unpaired) electrons. The van der Waals surface area contributed by atoms with Crippen molar-refractivity contribution in [1.82, 2.24) is 4.90 Å². The van der Waals surface area contributed by atoms with Crippen molar-refractivity contribution >= 4 is 27.6 Å². The molecule has 0 N–H and O–H groups in total. The topological polar surface area (TPSA) is 84.0 Å². The van der Waals surface area contributed by atoms with Gasteiger partial charge in [0.2, 0.25) is 15.9 Å². The Hall–Kier alpha value is -2.09. The molecule has 0 aliphatic carbocycles. The van der Waals surface area contributed by atoms with Gasteiger partial charge in [-0.2, -0.15) is 0 Å². The molecule has 1 heterocycles. The second-order valence-electron chi connectivity index (χ2n) is 7.37. The van der Waals surface area contributed by atoms with Crippen LogP contribution in [0.4, 0.5) is 5.69 Å². The first-order valence-corrected chi connectivity index (χ1v) is 11.4. The van der Waals surface area contributed by atoms with Gasteiger partial charge >= 0.3 is 5.97 Å². The van der Waals surface area contributed by atoms with Gasteiger partial charge in [0.15, 0.2) is 0 Å². The number of carbonyl (C=O) groups is 2. The molecule has 0 saturated carbocycles. The number of amides is 1. The number of esters is 1. The molecule has 1 aromatic rings. The number of ether oxygens (including phenoxy) is 1. The van der Waals surface area contributed by atoms with Crippen LogP contribution in [0.25, 0.3) is 0 Å². The SMILES string of the molecule is CC[C@H](C(=O)N1CCC(C(=O)OC)CC1)N(c1ccc(C)c(C)c1)S(C)(=O)=O. The molecule has 0 spiro atoms. The molecule has 1 aliphatic heterocycles. The van der Waals surface area contributed by atoms with E-state index in [9.17, 15) is 18.0 Å². The van der Waals surface area contributed by atoms with Crippen LogP contribution >= 0.6 is 0 Å². The minimum absolute atomic E-state index is 0.208. The Labute approximate surface area is 167 Å². The largest absolute Gasteiger partial charge is 0.469 e. The lowest BCUT2D eigenvalue weighted by Crippen LogP contribution is -2.52. The van der Waals surface area contributed by atoms with Gasteiger partial charge in [-0.05, 0) is 56.4 Å². The molecule has 8 heteroatoms. The molecule has 0 aromatic heterocycles. The van der Waals surface area contributed by atoms with Crippen molar-refractivity contribution in [2.45, 2.75) is 46.1 Å². The summed E-state index contributed by atoms with van der Waals surface area (Å²) in [5.74, 6) is -0.693. The molecule has 1 saturated heterocycles. The standard InChI is InChI=1S/C20H30N2O5S/c1-6-18(19(23)21-11-9-16(10-12-21)20(24)27-4)22(28(5,25)26)17-8-7-14(2)15(3)13-17/h7-8,13,16,18H,6,9-12H2,1-5H3/t18-/m1/s1. The van der Waals surface area contributed by atoms with E-state index in [-0.39, 0.29) is 17.8 Å². The highest BCUT2D eigenvalue weighted by atomic mass is 32.2. The molecular weight excluding hydrogens is 380 g/mol. The molecular formula is C20H30N2O5S. The van der Waals surface area contributed by atoms with E-state index in [0.717, 1.165) is 17.4 Å². The van der Waals surface area contributed by atoms with Crippen LogP contribution in [0.3, 0.4) is 0 Å². The van der Waals surface area contributed by atoms with Crippen molar-refractivity contribution in [2.75, 3.05) is 30.8 Å². The third-order valence-corrected chi connectivity index (χ3v) is 6.58. The lowest BCUT2D eigenvalue weighted by molar-refractivity contribution is -0.149. The number of anilines is 1. The average Bonchev–Trinajstić information content (AvgIpc) is 2.66. The average molecular weight is 411 g/mol. The predicted octanol–water partition coefficient (Wildman–Crippen LogP) is 2.26. The lowest BCUT2D eigenvalue weighted by atomic mass is 9.96. The van der Waals surface area contributed by atoms with Crippen LogP contribution in [-0.4, -0.2) is 57.7 Å². The normalized spacial score (nSPS) is 16.5. The zero-order valence-electron chi connectivity index (χ0n) is 17.3. The van der Waals surface area contributed by atoms with Gasteiger partial charge in [0, 0.05) is 13.1 Å². The highest BCUT2D eigenvalue weighted by molar-refractivity contribution is 7.92. The van der Waals surface area contributed by atoms with E-state index in [1.807, 2.05) is 26.8 Å². The number of hydrogen-bond donors (Lipinski definition) is 0. The number of rotatable bonds is 6. The Kier molecular flexibility index (Phi) is 7.09. The number of nitrogens with zero attached hydrogens (tertiary/aromatic N) is 2. The van der Waals surface area contributed by atoms with Crippen LogP contribution in [0.5, 0.6) is 0 Å². The van der Waals surface area contributed by atoms with Crippen molar-refractivity contribution in [3.8, 4) is 0 Å². The molecule has 1 fully saturated rings. The second-order valence-corrected chi connectivity index (χ2v) is 9.23. The summed E-state index contributed by atoms with van der Waals surface area (Å²) in [5, 5.41) is 0. The molecule has 0 unspecified atom stereocenters. The third-order valence-electron chi connectivity index (χ3n) is 5.40. The maximum absolute atomic E-state index is 13.2. The van der Waals surface area contributed by atoms with E-state index in [4.69, 9.17) is 4.74 Å². The molecule has 156 valence electrons. The fourth-order valence-corrected chi connectivity index (χ4v) is 4.82. The summed E-state index contributed by atoms with van der Waals surface area (Å²) < 4.78 is 31.2. The van der Waals surface area contributed by atoms with E-state index in [2.05, 4.69) is 0 Å². The van der Waals surface area contributed by atoms with E-state index in [1.165, 1.54) is 11.4 Å². The van der Waals surface area contributed by atoms with E-state index in [0.29, 0.717) is 38.0 Å². The van der Waals surface area contributed by atoms with Gasteiger partial charge in [0.05, 0.1) is 25.0 Å². The van der Waals surface area contributed by atoms with E-state index in [1.54, 1.807) is 17.0 Å². The van der Waals surface area contributed by atoms with Crippen molar-refractivity contribution in [2.24, 2.45) is 5.92 Å². The monoisotopic (exact) mass is 410 g/mol. The molecule has 1 amide bonds. The van der Waals surface area contributed by atoms with E-state index >= 15 is 0 Å². The van der Waals surface area contributed by atoms with E-state index < -0.39 is 16.1 Å². The Morgan fingerprint density at radius 3 is 2.29 bits per heavy atom. The van der Waals surface area contributed by atoms with Crippen LogP contribution < -0.4 is 4.31 Å². The summed E-state index contributed by atoms with van der Waals surface area (Å²) in [6.07, 6.45) is 2.53. The number of benzene rings is 1. The Bertz CT molecular complexity index is 829. The maximum Gasteiger partial charge on any atom is 0.308 e. The number of aryl methyl sites for hydroxylation is 2. The van der Waals surface area contributed by atoms with Crippen LogP contribution in [0, 0.1) is 19.8 Å². The minimum Gasteiger partial charge on any atom is -0.469 e. The van der Waals surface area contributed by atoms with Crippen LogP contribution in [0.2, 0.25) is 0 Å². The van der Waals surface area contributed by atoms with Gasteiger partial charge < -0.3 is 9.64 Å². The van der Waals surface area contributed by atoms with Crippen molar-refractivity contribution < 1.29 is 22.7 Å². The Morgan fingerprint density at radius 1 is 1.21 bits per heavy atom. The van der Waals surface area contributed by atoms with Crippen molar-refractivity contribution in [3.63, 3.8) is 0 Å². The zero-order valence-corrected chi connectivity index (χ0v) is 18.1. The number of carbonyl (C=O) groups excluding carboxylic acids is 2. The fraction of sp³-hybridized carbons (Fsp3) is 0.600. The van der Waals surface area contributed by atoms with Gasteiger partial charge in [-0.15, -0.1) is 0 Å². The summed E-state index contributed by atoms with van der Waals surface area (Å²) in [6, 6.07) is 4.59. The Balaban J connectivity index is 2.28. The van der Waals surface area contributed by atoms with Gasteiger partial charge in [-0.3, -0.25) is 13.9 Å². The third kappa shape index (κ3) is 4.84. The lowest BCUT2D eigenvalue weighted by Gasteiger charge is -2.37. The summed E-state index contributed by atoms with van der Waals surface area (Å²) >= 11 is 0. The smallest absolute Gasteiger partial charge is 0.308 e. The molecule has 1 aliphatic rings. The van der Waals surface area contributed by atoms with Crippen LogP contribution in [0.15, 0.2) is 18.2 Å². The minimum atomic E-state index is -3.66. The van der Waals surface area contributed by atoms with Gasteiger partial charge in [-0.1, -0.05) is 13.0 Å². The highest BCUT2D eigenvalue weighted by Crippen LogP contribution is 2.27. The molecule has 1 aromatic carbocycles. The summed E-state index contributed by atoms with van der Waals surface area (Å²) in [7, 11) is -2.30. The predicted molar refractivity (Wildman–Crippen MR) is 109 cm³/mol. The van der Waals surface area contributed by atoms with Gasteiger partial charge in [0.25, 0.3) is 0 Å². The van der Waals surface area contributed by atoms with Crippen LogP contribution in [-0.2, 0) is 24.3 Å². The molecule has 0 bridgehead atoms. The summed E-state index contributed by atoms with van der Waals surface area (Å²) in [5.41, 5.74) is 2.52. The molecule has 2 rings (SSSR count). The maximum atomic E-state index is 13.2. The number of piperidine rings is 1. The summed E-state index contributed by atoms with van der Waals surface area (Å²) in [4.78, 5) is 26.6. The molecule has 28 heavy (non-hydrogen) atoms. The number of methoxy groups -OCH3 is 1. The first kappa shape index (κ1) is 22.2. The first-order valence-electron chi connectivity index (χ1n) is 9.53. The first-order chi connectivity index (χ1) is 13.1. The molecule has 7 nitrogen and oxygen atoms in total. The highest BCUT2D eigenvalue weighted by Gasteiger charge is 2.36. The number of hydrogen-bond acceptors (Lipinski definition) is 5. The van der Waals surface area contributed by atoms with Gasteiger partial charge in [0.1, 0.15) is 6.04 Å². The number of likely N-dealkylation sites (tertiary alicyclic amines) is 1. The number of sulfonamides is 1. The summed E-state index contributed by atoms with van der Waals surface area (Å²) in [6.45, 7) is 6.51. The second kappa shape index (κ2) is 8.94. The fourth-order valence-electron chi connectivity index (χ4n) is 3.62. The quantitative estimate of drug-likeness (QED) is 0.672. The van der Waals surface area contributed by atoms with Crippen molar-refractivity contribution in [1.29, 1.82) is 0 Å².